The lowest BCUT2D eigenvalue weighted by atomic mass is 9.84. The van der Waals surface area contributed by atoms with Gasteiger partial charge in [0.05, 0.1) is 13.2 Å². The summed E-state index contributed by atoms with van der Waals surface area (Å²) < 4.78 is 5.57. The van der Waals surface area contributed by atoms with Gasteiger partial charge in [-0.05, 0) is 24.8 Å². The quantitative estimate of drug-likeness (QED) is 0.790. The molecule has 3 heteroatoms. The van der Waals surface area contributed by atoms with E-state index in [9.17, 15) is 0 Å². The van der Waals surface area contributed by atoms with Crippen molar-refractivity contribution in [1.82, 2.24) is 10.2 Å². The molecule has 0 aromatic heterocycles. The lowest BCUT2D eigenvalue weighted by Gasteiger charge is -2.38. The summed E-state index contributed by atoms with van der Waals surface area (Å²) in [5, 5.41) is 3.64. The Bertz CT molecular complexity index is 225. The van der Waals surface area contributed by atoms with Gasteiger partial charge in [-0.2, -0.15) is 0 Å². The van der Waals surface area contributed by atoms with E-state index in [0.29, 0.717) is 17.5 Å². The van der Waals surface area contributed by atoms with E-state index >= 15 is 0 Å². The van der Waals surface area contributed by atoms with Crippen LogP contribution in [0.1, 0.15) is 47.5 Å². The van der Waals surface area contributed by atoms with Gasteiger partial charge in [0.1, 0.15) is 0 Å². The zero-order chi connectivity index (χ0) is 13.6. The molecule has 0 aromatic carbocycles. The maximum absolute atomic E-state index is 5.57. The Morgan fingerprint density at radius 2 is 2.06 bits per heavy atom. The Morgan fingerprint density at radius 3 is 2.61 bits per heavy atom. The van der Waals surface area contributed by atoms with Crippen molar-refractivity contribution in [3.05, 3.63) is 0 Å². The van der Waals surface area contributed by atoms with Crippen LogP contribution in [-0.2, 0) is 4.74 Å². The van der Waals surface area contributed by atoms with E-state index in [1.54, 1.807) is 0 Å². The van der Waals surface area contributed by atoms with Crippen LogP contribution in [-0.4, -0.2) is 49.8 Å². The van der Waals surface area contributed by atoms with E-state index in [1.165, 1.54) is 19.4 Å². The number of morpholine rings is 1. The third-order valence-electron chi connectivity index (χ3n) is 4.02. The first-order chi connectivity index (χ1) is 8.49. The highest BCUT2D eigenvalue weighted by Crippen LogP contribution is 2.23. The number of ether oxygens (including phenoxy) is 1. The first-order valence-corrected chi connectivity index (χ1v) is 7.54. The molecule has 0 amide bonds. The number of nitrogens with one attached hydrogen (secondary N) is 1. The minimum Gasteiger partial charge on any atom is -0.378 e. The predicted molar refractivity (Wildman–Crippen MR) is 78.0 cm³/mol. The summed E-state index contributed by atoms with van der Waals surface area (Å²) in [4.78, 5) is 2.61. The van der Waals surface area contributed by atoms with E-state index in [2.05, 4.69) is 44.8 Å². The Kier molecular flexibility index (Phi) is 6.61. The van der Waals surface area contributed by atoms with Gasteiger partial charge in [-0.3, -0.25) is 4.90 Å². The van der Waals surface area contributed by atoms with Crippen LogP contribution in [0.2, 0.25) is 0 Å². The molecule has 0 aliphatic carbocycles. The average Bonchev–Trinajstić information content (AvgIpc) is 2.33. The minimum atomic E-state index is 0.337. The van der Waals surface area contributed by atoms with Crippen molar-refractivity contribution in [3.8, 4) is 0 Å². The van der Waals surface area contributed by atoms with E-state index in [1.807, 2.05) is 0 Å². The topological polar surface area (TPSA) is 24.5 Å². The molecule has 0 bridgehead atoms. The molecule has 0 saturated carbocycles. The highest BCUT2D eigenvalue weighted by molar-refractivity contribution is 4.83. The first-order valence-electron chi connectivity index (χ1n) is 7.54. The maximum atomic E-state index is 5.57. The fraction of sp³-hybridized carbons (Fsp3) is 1.00. The fourth-order valence-corrected chi connectivity index (χ4v) is 2.74. The van der Waals surface area contributed by atoms with Crippen molar-refractivity contribution in [2.45, 2.75) is 59.5 Å². The molecule has 1 aliphatic heterocycles. The molecule has 1 aliphatic rings. The number of rotatable bonds is 6. The summed E-state index contributed by atoms with van der Waals surface area (Å²) in [7, 11) is 0. The van der Waals surface area contributed by atoms with Crippen LogP contribution < -0.4 is 5.32 Å². The lowest BCUT2D eigenvalue weighted by Crippen LogP contribution is -2.48. The zero-order valence-corrected chi connectivity index (χ0v) is 13.0. The Morgan fingerprint density at radius 1 is 1.33 bits per heavy atom. The van der Waals surface area contributed by atoms with Gasteiger partial charge in [-0.25, -0.2) is 0 Å². The molecule has 1 N–H and O–H groups in total. The SMILES string of the molecule is CCNC(CCN1CCOCC1CC)C(C)(C)C. The van der Waals surface area contributed by atoms with Crippen molar-refractivity contribution in [2.75, 3.05) is 32.8 Å². The van der Waals surface area contributed by atoms with Gasteiger partial charge in [0.25, 0.3) is 0 Å². The number of hydrogen-bond acceptors (Lipinski definition) is 3. The minimum absolute atomic E-state index is 0.337. The molecule has 2 atom stereocenters. The van der Waals surface area contributed by atoms with E-state index in [0.717, 1.165) is 26.3 Å². The predicted octanol–water partition coefficient (Wildman–Crippen LogP) is 2.51. The van der Waals surface area contributed by atoms with Crippen LogP contribution in [0.3, 0.4) is 0 Å². The molecular formula is C15H32N2O. The van der Waals surface area contributed by atoms with Crippen LogP contribution in [0.5, 0.6) is 0 Å². The second kappa shape index (κ2) is 7.46. The second-order valence-electron chi connectivity index (χ2n) is 6.44. The van der Waals surface area contributed by atoms with Gasteiger partial charge in [-0.1, -0.05) is 34.6 Å². The molecule has 0 aromatic rings. The monoisotopic (exact) mass is 256 g/mol. The second-order valence-corrected chi connectivity index (χ2v) is 6.44. The van der Waals surface area contributed by atoms with Crippen LogP contribution in [0.15, 0.2) is 0 Å². The summed E-state index contributed by atoms with van der Waals surface area (Å²) in [6.45, 7) is 16.6. The Hall–Kier alpha value is -0.120. The van der Waals surface area contributed by atoms with Crippen LogP contribution in [0.4, 0.5) is 0 Å². The zero-order valence-electron chi connectivity index (χ0n) is 13.0. The largest absolute Gasteiger partial charge is 0.378 e. The smallest absolute Gasteiger partial charge is 0.0622 e. The summed E-state index contributed by atoms with van der Waals surface area (Å²) in [6.07, 6.45) is 2.43. The molecule has 0 radical (unpaired) electrons. The molecule has 108 valence electrons. The lowest BCUT2D eigenvalue weighted by molar-refractivity contribution is -0.0115. The highest BCUT2D eigenvalue weighted by Gasteiger charge is 2.26. The Balaban J connectivity index is 2.45. The molecule has 1 rings (SSSR count). The third-order valence-corrected chi connectivity index (χ3v) is 4.02. The van der Waals surface area contributed by atoms with Crippen LogP contribution >= 0.6 is 0 Å². The van der Waals surface area contributed by atoms with Crippen molar-refractivity contribution in [3.63, 3.8) is 0 Å². The van der Waals surface area contributed by atoms with Gasteiger partial charge < -0.3 is 10.1 Å². The summed E-state index contributed by atoms with van der Waals surface area (Å²) in [6, 6.07) is 1.23. The van der Waals surface area contributed by atoms with Crippen molar-refractivity contribution in [1.29, 1.82) is 0 Å². The van der Waals surface area contributed by atoms with Crippen LogP contribution in [0, 0.1) is 5.41 Å². The number of nitrogens with zero attached hydrogens (tertiary/aromatic N) is 1. The highest BCUT2D eigenvalue weighted by atomic mass is 16.5. The standard InChI is InChI=1S/C15H32N2O/c1-6-13-12-18-11-10-17(13)9-8-14(16-7-2)15(3,4)5/h13-14,16H,6-12H2,1-5H3. The van der Waals surface area contributed by atoms with Crippen molar-refractivity contribution >= 4 is 0 Å². The Labute approximate surface area is 113 Å². The van der Waals surface area contributed by atoms with Gasteiger partial charge in [0, 0.05) is 25.2 Å². The van der Waals surface area contributed by atoms with Gasteiger partial charge >= 0.3 is 0 Å². The molecule has 1 fully saturated rings. The summed E-state index contributed by atoms with van der Waals surface area (Å²) in [5.41, 5.74) is 0.337. The first kappa shape index (κ1) is 15.9. The van der Waals surface area contributed by atoms with E-state index in [4.69, 9.17) is 4.74 Å². The van der Waals surface area contributed by atoms with Gasteiger partial charge in [0.15, 0.2) is 0 Å². The van der Waals surface area contributed by atoms with E-state index in [-0.39, 0.29) is 0 Å². The third kappa shape index (κ3) is 4.87. The molecule has 0 spiro atoms. The van der Waals surface area contributed by atoms with Crippen molar-refractivity contribution in [2.24, 2.45) is 5.41 Å². The normalized spacial score (nSPS) is 24.2. The van der Waals surface area contributed by atoms with Gasteiger partial charge in [-0.15, -0.1) is 0 Å². The van der Waals surface area contributed by atoms with Crippen LogP contribution in [0.25, 0.3) is 0 Å². The average molecular weight is 256 g/mol. The molecule has 3 nitrogen and oxygen atoms in total. The molecule has 1 heterocycles. The van der Waals surface area contributed by atoms with Gasteiger partial charge in [0.2, 0.25) is 0 Å². The number of hydrogen-bond donors (Lipinski definition) is 1. The molecule has 1 saturated heterocycles. The fourth-order valence-electron chi connectivity index (χ4n) is 2.74. The summed E-state index contributed by atoms with van der Waals surface area (Å²) in [5.74, 6) is 0. The molecule has 2 unspecified atom stereocenters. The molecular weight excluding hydrogens is 224 g/mol. The maximum Gasteiger partial charge on any atom is 0.0622 e. The van der Waals surface area contributed by atoms with Crippen molar-refractivity contribution < 1.29 is 4.74 Å². The molecule has 18 heavy (non-hydrogen) atoms. The van der Waals surface area contributed by atoms with E-state index < -0.39 is 0 Å². The summed E-state index contributed by atoms with van der Waals surface area (Å²) >= 11 is 0.